The number of ether oxygens (including phenoxy) is 1. The number of halogens is 4. The first-order valence-corrected chi connectivity index (χ1v) is 15.0. The molecular weight excluding hydrogens is 550 g/mol. The fourth-order valence-corrected chi connectivity index (χ4v) is 6.05. The number of unbranched alkanes of at least 4 members (excludes halogenated alkanes) is 2. The minimum Gasteiger partial charge on any atom is -0.429 e. The average molecular weight is 586 g/mol. The SMILES string of the molecule is CCCCCC1CCC(c2ccc(-c3ccc(-c4ccc(C(F)(F)Oc5ccc(C#N)cc5)cc4)c(F)c3)c(F)c2)CC1. The van der Waals surface area contributed by atoms with E-state index in [1.807, 2.05) is 12.1 Å². The molecule has 0 radical (unpaired) electrons. The number of nitrogens with zero attached hydrogens (tertiary/aromatic N) is 1. The summed E-state index contributed by atoms with van der Waals surface area (Å²) in [4.78, 5) is 0. The van der Waals surface area contributed by atoms with Gasteiger partial charge in [-0.3, -0.25) is 0 Å². The summed E-state index contributed by atoms with van der Waals surface area (Å²) >= 11 is 0. The van der Waals surface area contributed by atoms with Gasteiger partial charge in [0.2, 0.25) is 0 Å². The zero-order valence-electron chi connectivity index (χ0n) is 24.3. The first-order chi connectivity index (χ1) is 20.8. The summed E-state index contributed by atoms with van der Waals surface area (Å²) in [5, 5.41) is 8.87. The second-order valence-corrected chi connectivity index (χ2v) is 11.5. The average Bonchev–Trinajstić information content (AvgIpc) is 3.02. The number of hydrogen-bond donors (Lipinski definition) is 0. The van der Waals surface area contributed by atoms with Crippen molar-refractivity contribution in [1.29, 1.82) is 5.26 Å². The van der Waals surface area contributed by atoms with Crippen LogP contribution < -0.4 is 4.74 Å². The van der Waals surface area contributed by atoms with Crippen molar-refractivity contribution in [2.75, 3.05) is 0 Å². The van der Waals surface area contributed by atoms with Crippen LogP contribution in [0.2, 0.25) is 0 Å². The molecule has 43 heavy (non-hydrogen) atoms. The van der Waals surface area contributed by atoms with Crippen molar-refractivity contribution in [3.05, 3.63) is 113 Å². The van der Waals surface area contributed by atoms with Crippen LogP contribution in [0.4, 0.5) is 17.6 Å². The summed E-state index contributed by atoms with van der Waals surface area (Å²) in [5.74, 6) is 0.109. The lowest BCUT2D eigenvalue weighted by Crippen LogP contribution is -2.21. The lowest BCUT2D eigenvalue weighted by atomic mass is 9.77. The summed E-state index contributed by atoms with van der Waals surface area (Å²) in [6.45, 7) is 2.22. The molecule has 2 nitrogen and oxygen atoms in total. The highest BCUT2D eigenvalue weighted by Crippen LogP contribution is 2.39. The standard InChI is InChI=1S/C37H35F4NO/c1-2-3-4-5-25-6-10-27(11-7-25)29-14-20-34(35(38)22-29)30-15-21-33(36(39)23-30)28-12-16-31(17-13-28)37(40,41)43-32-18-8-26(24-42)9-19-32/h8-9,12-23,25,27H,2-7,10-11H2,1H3. The minimum atomic E-state index is -3.63. The minimum absolute atomic E-state index is 0.0832. The Morgan fingerprint density at radius 1 is 0.767 bits per heavy atom. The number of nitriles is 1. The van der Waals surface area contributed by atoms with Crippen molar-refractivity contribution < 1.29 is 22.3 Å². The van der Waals surface area contributed by atoms with E-state index in [0.29, 0.717) is 28.2 Å². The van der Waals surface area contributed by atoms with Crippen molar-refractivity contribution in [1.82, 2.24) is 0 Å². The molecule has 0 aromatic heterocycles. The maximum absolute atomic E-state index is 15.3. The monoisotopic (exact) mass is 585 g/mol. The van der Waals surface area contributed by atoms with Crippen LogP contribution in [0.1, 0.15) is 80.9 Å². The van der Waals surface area contributed by atoms with Crippen molar-refractivity contribution in [3.63, 3.8) is 0 Å². The molecular formula is C37H35F4NO. The molecule has 1 fully saturated rings. The van der Waals surface area contributed by atoms with Gasteiger partial charge in [0.1, 0.15) is 17.4 Å². The van der Waals surface area contributed by atoms with Crippen LogP contribution in [0.25, 0.3) is 22.3 Å². The molecule has 5 rings (SSSR count). The number of alkyl halides is 2. The van der Waals surface area contributed by atoms with Crippen LogP contribution in [0.5, 0.6) is 5.75 Å². The Labute approximate surface area is 251 Å². The molecule has 0 heterocycles. The summed E-state index contributed by atoms with van der Waals surface area (Å²) in [7, 11) is 0. The predicted molar refractivity (Wildman–Crippen MR) is 162 cm³/mol. The number of rotatable bonds is 10. The molecule has 1 aliphatic rings. The first kappa shape index (κ1) is 30.4. The second-order valence-electron chi connectivity index (χ2n) is 11.5. The highest BCUT2D eigenvalue weighted by Gasteiger charge is 2.34. The zero-order chi connectivity index (χ0) is 30.4. The Hall–Kier alpha value is -4.11. The van der Waals surface area contributed by atoms with Crippen molar-refractivity contribution in [3.8, 4) is 34.1 Å². The highest BCUT2D eigenvalue weighted by molar-refractivity contribution is 5.71. The maximum atomic E-state index is 15.3. The summed E-state index contributed by atoms with van der Waals surface area (Å²) in [6.07, 6.45) is 6.00. The Balaban J connectivity index is 1.25. The van der Waals surface area contributed by atoms with E-state index in [2.05, 4.69) is 6.92 Å². The lowest BCUT2D eigenvalue weighted by molar-refractivity contribution is -0.185. The molecule has 1 saturated carbocycles. The normalized spacial score (nSPS) is 16.9. The molecule has 4 aromatic rings. The van der Waals surface area contributed by atoms with Gasteiger partial charge in [0.05, 0.1) is 17.2 Å². The van der Waals surface area contributed by atoms with E-state index in [1.165, 1.54) is 99.2 Å². The van der Waals surface area contributed by atoms with E-state index >= 15 is 8.78 Å². The van der Waals surface area contributed by atoms with Crippen molar-refractivity contribution in [2.45, 2.75) is 70.3 Å². The van der Waals surface area contributed by atoms with Gasteiger partial charge in [0.25, 0.3) is 0 Å². The van der Waals surface area contributed by atoms with Gasteiger partial charge < -0.3 is 4.74 Å². The quantitative estimate of drug-likeness (QED) is 0.137. The molecule has 4 aromatic carbocycles. The Bertz CT molecular complexity index is 1570. The van der Waals surface area contributed by atoms with Gasteiger partial charge in [-0.1, -0.05) is 69.0 Å². The van der Waals surface area contributed by atoms with Crippen LogP contribution in [0.3, 0.4) is 0 Å². The van der Waals surface area contributed by atoms with Gasteiger partial charge in [-0.05, 0) is 103 Å². The van der Waals surface area contributed by atoms with E-state index in [4.69, 9.17) is 10.00 Å². The molecule has 0 N–H and O–H groups in total. The largest absolute Gasteiger partial charge is 0.429 e. The van der Waals surface area contributed by atoms with Gasteiger partial charge in [-0.15, -0.1) is 0 Å². The third kappa shape index (κ3) is 7.28. The van der Waals surface area contributed by atoms with Gasteiger partial charge in [-0.25, -0.2) is 8.78 Å². The molecule has 0 saturated heterocycles. The molecule has 0 amide bonds. The van der Waals surface area contributed by atoms with E-state index in [0.717, 1.165) is 24.3 Å². The van der Waals surface area contributed by atoms with E-state index < -0.39 is 17.5 Å². The van der Waals surface area contributed by atoms with Crippen LogP contribution in [0.15, 0.2) is 84.9 Å². The molecule has 222 valence electrons. The maximum Gasteiger partial charge on any atom is 0.426 e. The fraction of sp³-hybridized carbons (Fsp3) is 0.324. The Kier molecular flexibility index (Phi) is 9.50. The molecule has 1 aliphatic carbocycles. The molecule has 6 heteroatoms. The topological polar surface area (TPSA) is 33.0 Å². The van der Waals surface area contributed by atoms with Crippen molar-refractivity contribution in [2.24, 2.45) is 5.92 Å². The van der Waals surface area contributed by atoms with Crippen LogP contribution in [-0.2, 0) is 6.11 Å². The van der Waals surface area contributed by atoms with E-state index in [1.54, 1.807) is 18.2 Å². The molecule has 0 unspecified atom stereocenters. The summed E-state index contributed by atoms with van der Waals surface area (Å²) < 4.78 is 64.8. The molecule has 0 spiro atoms. The summed E-state index contributed by atoms with van der Waals surface area (Å²) in [5.41, 5.74) is 2.32. The third-order valence-electron chi connectivity index (χ3n) is 8.57. The van der Waals surface area contributed by atoms with Gasteiger partial charge >= 0.3 is 6.11 Å². The first-order valence-electron chi connectivity index (χ1n) is 15.0. The molecule has 0 atom stereocenters. The van der Waals surface area contributed by atoms with Gasteiger partial charge in [0.15, 0.2) is 0 Å². The third-order valence-corrected chi connectivity index (χ3v) is 8.57. The van der Waals surface area contributed by atoms with E-state index in [9.17, 15) is 8.78 Å². The highest BCUT2D eigenvalue weighted by atomic mass is 19.3. The number of hydrogen-bond acceptors (Lipinski definition) is 2. The van der Waals surface area contributed by atoms with Gasteiger partial charge in [-0.2, -0.15) is 14.0 Å². The molecule has 0 bridgehead atoms. The van der Waals surface area contributed by atoms with E-state index in [-0.39, 0.29) is 17.1 Å². The lowest BCUT2D eigenvalue weighted by Gasteiger charge is -2.29. The second kappa shape index (κ2) is 13.5. The van der Waals surface area contributed by atoms with Crippen LogP contribution in [-0.4, -0.2) is 0 Å². The summed E-state index contributed by atoms with van der Waals surface area (Å²) in [6, 6.07) is 22.2. The van der Waals surface area contributed by atoms with Crippen LogP contribution in [0, 0.1) is 28.9 Å². The Morgan fingerprint density at radius 2 is 1.40 bits per heavy atom. The zero-order valence-corrected chi connectivity index (χ0v) is 24.3. The smallest absolute Gasteiger partial charge is 0.426 e. The van der Waals surface area contributed by atoms with Gasteiger partial charge in [0, 0.05) is 11.1 Å². The fourth-order valence-electron chi connectivity index (χ4n) is 6.05. The van der Waals surface area contributed by atoms with Crippen LogP contribution >= 0.6 is 0 Å². The predicted octanol–water partition coefficient (Wildman–Crippen LogP) is 11.2. The Morgan fingerprint density at radius 3 is 2.02 bits per heavy atom. The van der Waals surface area contributed by atoms with Crippen molar-refractivity contribution >= 4 is 0 Å². The molecule has 0 aliphatic heterocycles. The number of benzene rings is 4.